The van der Waals surface area contributed by atoms with Gasteiger partial charge in [-0.25, -0.2) is 0 Å². The van der Waals surface area contributed by atoms with Crippen LogP contribution in [0.2, 0.25) is 0 Å². The number of hydrogen-bond donors (Lipinski definition) is 1. The molecule has 0 aliphatic carbocycles. The topological polar surface area (TPSA) is 41.1 Å². The van der Waals surface area contributed by atoms with Gasteiger partial charge < -0.3 is 10.2 Å². The average molecular weight is 270 g/mol. The Labute approximate surface area is 120 Å². The highest BCUT2D eigenvalue weighted by Crippen LogP contribution is 2.19. The van der Waals surface area contributed by atoms with E-state index >= 15 is 0 Å². The minimum absolute atomic E-state index is 0.785. The zero-order valence-corrected chi connectivity index (χ0v) is 12.2. The van der Waals surface area contributed by atoms with Crippen LogP contribution in [0.15, 0.2) is 42.9 Å². The summed E-state index contributed by atoms with van der Waals surface area (Å²) in [7, 11) is 2.08. The van der Waals surface area contributed by atoms with E-state index in [9.17, 15) is 0 Å². The Balaban J connectivity index is 2.07. The summed E-state index contributed by atoms with van der Waals surface area (Å²) in [6.45, 7) is 4.87. The van der Waals surface area contributed by atoms with Crippen LogP contribution in [-0.4, -0.2) is 23.6 Å². The van der Waals surface area contributed by atoms with Crippen molar-refractivity contribution < 1.29 is 0 Å². The summed E-state index contributed by atoms with van der Waals surface area (Å²) in [6, 6.07) is 8.07. The Morgan fingerprint density at radius 2 is 2.10 bits per heavy atom. The first kappa shape index (κ1) is 14.5. The first-order valence-electron chi connectivity index (χ1n) is 7.06. The van der Waals surface area contributed by atoms with Crippen LogP contribution in [-0.2, 0) is 13.1 Å². The quantitative estimate of drug-likeness (QED) is 0.785. The minimum atomic E-state index is 0.785. The maximum atomic E-state index is 4.37. The van der Waals surface area contributed by atoms with E-state index in [2.05, 4.69) is 40.2 Å². The summed E-state index contributed by atoms with van der Waals surface area (Å²) in [6.07, 6.45) is 6.74. The first-order chi connectivity index (χ1) is 9.81. The second-order valence-electron chi connectivity index (χ2n) is 4.86. The summed E-state index contributed by atoms with van der Waals surface area (Å²) in [4.78, 5) is 10.8. The predicted octanol–water partition coefficient (Wildman–Crippen LogP) is 2.61. The van der Waals surface area contributed by atoms with E-state index in [1.807, 2.05) is 36.8 Å². The molecule has 0 spiro atoms. The van der Waals surface area contributed by atoms with Crippen LogP contribution in [0.3, 0.4) is 0 Å². The van der Waals surface area contributed by atoms with Gasteiger partial charge in [0.15, 0.2) is 0 Å². The fourth-order valence-corrected chi connectivity index (χ4v) is 2.13. The third-order valence-corrected chi connectivity index (χ3v) is 3.17. The molecule has 4 nitrogen and oxygen atoms in total. The molecule has 0 atom stereocenters. The normalized spacial score (nSPS) is 10.5. The monoisotopic (exact) mass is 270 g/mol. The molecule has 106 valence electrons. The van der Waals surface area contributed by atoms with E-state index in [0.717, 1.165) is 37.4 Å². The van der Waals surface area contributed by atoms with Crippen LogP contribution in [0.25, 0.3) is 0 Å². The third-order valence-electron chi connectivity index (χ3n) is 3.17. The van der Waals surface area contributed by atoms with Gasteiger partial charge >= 0.3 is 0 Å². The zero-order valence-electron chi connectivity index (χ0n) is 12.2. The molecule has 2 rings (SSSR count). The highest BCUT2D eigenvalue weighted by molar-refractivity contribution is 5.51. The lowest BCUT2D eigenvalue weighted by molar-refractivity contribution is 0.673. The maximum absolute atomic E-state index is 4.37. The number of rotatable bonds is 7. The van der Waals surface area contributed by atoms with E-state index < -0.39 is 0 Å². The second-order valence-corrected chi connectivity index (χ2v) is 4.86. The van der Waals surface area contributed by atoms with Crippen molar-refractivity contribution in [2.45, 2.75) is 26.4 Å². The zero-order chi connectivity index (χ0) is 14.2. The number of pyridine rings is 2. The molecule has 2 aromatic rings. The fraction of sp³-hybridized carbons (Fsp3) is 0.375. The van der Waals surface area contributed by atoms with Crippen LogP contribution in [0, 0.1) is 0 Å². The first-order valence-corrected chi connectivity index (χ1v) is 7.06. The molecule has 4 heteroatoms. The Hall–Kier alpha value is -1.94. The maximum Gasteiger partial charge on any atom is 0.0599 e. The molecule has 0 unspecified atom stereocenters. The molecule has 0 bridgehead atoms. The summed E-state index contributed by atoms with van der Waals surface area (Å²) < 4.78 is 0. The van der Waals surface area contributed by atoms with Gasteiger partial charge in [0.1, 0.15) is 0 Å². The lowest BCUT2D eigenvalue weighted by Crippen LogP contribution is -2.21. The Bertz CT molecular complexity index is 513. The molecule has 0 amide bonds. The molecule has 0 aliphatic heterocycles. The smallest absolute Gasteiger partial charge is 0.0599 e. The van der Waals surface area contributed by atoms with Crippen molar-refractivity contribution in [2.75, 3.05) is 18.5 Å². The van der Waals surface area contributed by atoms with Crippen LogP contribution in [0.5, 0.6) is 0 Å². The lowest BCUT2D eigenvalue weighted by Gasteiger charge is -2.21. The summed E-state index contributed by atoms with van der Waals surface area (Å²) in [5, 5.41) is 3.44. The SMILES string of the molecule is CCCNCc1ccncc1N(C)Cc1ccccn1. The molecule has 0 fully saturated rings. The van der Waals surface area contributed by atoms with Gasteiger partial charge in [-0.3, -0.25) is 9.97 Å². The van der Waals surface area contributed by atoms with Gasteiger partial charge in [-0.2, -0.15) is 0 Å². The van der Waals surface area contributed by atoms with Crippen molar-refractivity contribution >= 4 is 5.69 Å². The lowest BCUT2D eigenvalue weighted by atomic mass is 10.2. The van der Waals surface area contributed by atoms with Crippen LogP contribution in [0.1, 0.15) is 24.6 Å². The standard InChI is InChI=1S/C16H22N4/c1-3-8-17-11-14-7-10-18-12-16(14)20(2)13-15-6-4-5-9-19-15/h4-7,9-10,12,17H,3,8,11,13H2,1-2H3. The van der Waals surface area contributed by atoms with Crippen molar-refractivity contribution in [3.05, 3.63) is 54.1 Å². The second kappa shape index (κ2) is 7.60. The van der Waals surface area contributed by atoms with Crippen molar-refractivity contribution in [1.82, 2.24) is 15.3 Å². The van der Waals surface area contributed by atoms with Gasteiger partial charge in [0.05, 0.1) is 24.1 Å². The third kappa shape index (κ3) is 4.03. The molecular formula is C16H22N4. The van der Waals surface area contributed by atoms with Gasteiger partial charge in [-0.1, -0.05) is 13.0 Å². The largest absolute Gasteiger partial charge is 0.367 e. The van der Waals surface area contributed by atoms with Crippen molar-refractivity contribution in [3.8, 4) is 0 Å². The number of aromatic nitrogens is 2. The van der Waals surface area contributed by atoms with Crippen LogP contribution < -0.4 is 10.2 Å². The van der Waals surface area contributed by atoms with Gasteiger partial charge in [-0.15, -0.1) is 0 Å². The Morgan fingerprint density at radius 1 is 1.20 bits per heavy atom. The van der Waals surface area contributed by atoms with Gasteiger partial charge in [0.2, 0.25) is 0 Å². The van der Waals surface area contributed by atoms with Gasteiger partial charge in [0.25, 0.3) is 0 Å². The number of nitrogens with one attached hydrogen (secondary N) is 1. The Kier molecular flexibility index (Phi) is 5.50. The van der Waals surface area contributed by atoms with E-state index in [1.165, 1.54) is 5.56 Å². The molecular weight excluding hydrogens is 248 g/mol. The molecule has 2 heterocycles. The van der Waals surface area contributed by atoms with Crippen molar-refractivity contribution in [3.63, 3.8) is 0 Å². The number of hydrogen-bond acceptors (Lipinski definition) is 4. The van der Waals surface area contributed by atoms with Crippen molar-refractivity contribution in [1.29, 1.82) is 0 Å². The van der Waals surface area contributed by atoms with E-state index in [4.69, 9.17) is 0 Å². The summed E-state index contributed by atoms with van der Waals surface area (Å²) >= 11 is 0. The van der Waals surface area contributed by atoms with E-state index in [-0.39, 0.29) is 0 Å². The summed E-state index contributed by atoms with van der Waals surface area (Å²) in [5.41, 5.74) is 3.49. The van der Waals surface area contributed by atoms with E-state index in [0.29, 0.717) is 0 Å². The highest BCUT2D eigenvalue weighted by atomic mass is 15.1. The fourth-order valence-electron chi connectivity index (χ4n) is 2.13. The molecule has 0 aromatic carbocycles. The Morgan fingerprint density at radius 3 is 2.85 bits per heavy atom. The average Bonchev–Trinajstić information content (AvgIpc) is 2.49. The minimum Gasteiger partial charge on any atom is -0.367 e. The molecule has 20 heavy (non-hydrogen) atoms. The van der Waals surface area contributed by atoms with E-state index in [1.54, 1.807) is 0 Å². The molecule has 0 saturated heterocycles. The number of nitrogens with zero attached hydrogens (tertiary/aromatic N) is 3. The van der Waals surface area contributed by atoms with Crippen molar-refractivity contribution in [2.24, 2.45) is 0 Å². The van der Waals surface area contributed by atoms with Gasteiger partial charge in [-0.05, 0) is 36.7 Å². The highest BCUT2D eigenvalue weighted by Gasteiger charge is 2.08. The molecule has 0 saturated carbocycles. The molecule has 0 radical (unpaired) electrons. The van der Waals surface area contributed by atoms with Gasteiger partial charge in [0, 0.05) is 26.0 Å². The van der Waals surface area contributed by atoms with Crippen LogP contribution in [0.4, 0.5) is 5.69 Å². The molecule has 2 aromatic heterocycles. The molecule has 1 N–H and O–H groups in total. The number of anilines is 1. The van der Waals surface area contributed by atoms with Crippen LogP contribution >= 0.6 is 0 Å². The molecule has 0 aliphatic rings. The predicted molar refractivity (Wildman–Crippen MR) is 82.6 cm³/mol. The summed E-state index contributed by atoms with van der Waals surface area (Å²) in [5.74, 6) is 0.